The number of hydrogen-bond donors (Lipinski definition) is 3. The first-order valence-electron chi connectivity index (χ1n) is 4.27. The molecule has 1 heterocycles. The number of carbonyl (C=O) groups is 4. The average molecular weight is 250 g/mol. The highest BCUT2D eigenvalue weighted by atomic mass is 16.6. The summed E-state index contributed by atoms with van der Waals surface area (Å²) < 4.78 is 8.55. The predicted octanol–water partition coefficient (Wildman–Crippen LogP) is -2.01. The fraction of sp³-hybridized carbons (Fsp3) is 0.500. The lowest BCUT2D eigenvalue weighted by Gasteiger charge is -2.09. The first kappa shape index (κ1) is 14.8. The van der Waals surface area contributed by atoms with Crippen molar-refractivity contribution in [1.29, 1.82) is 0 Å². The molecule has 9 heteroatoms. The Morgan fingerprint density at radius 3 is 1.71 bits per heavy atom. The molecule has 1 fully saturated rings. The first-order valence-corrected chi connectivity index (χ1v) is 4.27. The first-order chi connectivity index (χ1) is 7.82. The number of carboxylic acids is 2. The molecule has 0 radical (unpaired) electrons. The summed E-state index contributed by atoms with van der Waals surface area (Å²) in [4.78, 5) is 39.6. The van der Waals surface area contributed by atoms with Gasteiger partial charge in [0.2, 0.25) is 0 Å². The lowest BCUT2D eigenvalue weighted by molar-refractivity contribution is -0.174. The van der Waals surface area contributed by atoms with Gasteiger partial charge in [0.05, 0.1) is 6.42 Å². The number of aliphatic hydroxyl groups is 1. The van der Waals surface area contributed by atoms with Crippen LogP contribution >= 0.6 is 0 Å². The largest absolute Gasteiger partial charge is 0.481 e. The molecular formula is C8H10O9. The van der Waals surface area contributed by atoms with Crippen LogP contribution in [0.3, 0.4) is 0 Å². The summed E-state index contributed by atoms with van der Waals surface area (Å²) in [6.07, 6.45) is -2.54. The summed E-state index contributed by atoms with van der Waals surface area (Å²) in [5, 5.41) is 24.1. The molecular weight excluding hydrogens is 240 g/mol. The molecule has 3 N–H and O–H groups in total. The Balaban J connectivity index is 0.000000302. The van der Waals surface area contributed by atoms with Crippen LogP contribution in [0.1, 0.15) is 6.42 Å². The van der Waals surface area contributed by atoms with Crippen molar-refractivity contribution in [3.63, 3.8) is 0 Å². The van der Waals surface area contributed by atoms with Crippen LogP contribution in [-0.4, -0.2) is 58.5 Å². The van der Waals surface area contributed by atoms with Crippen LogP contribution in [0.15, 0.2) is 0 Å². The van der Waals surface area contributed by atoms with E-state index in [2.05, 4.69) is 9.47 Å². The second kappa shape index (κ2) is 7.17. The summed E-state index contributed by atoms with van der Waals surface area (Å²) in [6, 6.07) is 0. The minimum Gasteiger partial charge on any atom is -0.481 e. The van der Waals surface area contributed by atoms with Gasteiger partial charge in [-0.1, -0.05) is 0 Å². The lowest BCUT2D eigenvalue weighted by Crippen LogP contribution is -2.27. The quantitative estimate of drug-likeness (QED) is 0.483. The standard InChI is InChI=1S/C4H6O5.C4H4O4/c5-2(4(8)9)1-3(6)7;5-3-1-7-4(6)2-8-3/h2,5H,1H2,(H,6,7)(H,8,9);1-2H2. The minimum atomic E-state index is -1.79. The molecule has 1 unspecified atom stereocenters. The Bertz CT molecular complexity index is 293. The number of aliphatic carboxylic acids is 2. The average Bonchev–Trinajstić information content (AvgIpc) is 2.22. The van der Waals surface area contributed by atoms with Crippen molar-refractivity contribution in [3.05, 3.63) is 0 Å². The van der Waals surface area contributed by atoms with E-state index in [9.17, 15) is 19.2 Å². The van der Waals surface area contributed by atoms with E-state index in [4.69, 9.17) is 15.3 Å². The maximum absolute atomic E-state index is 10.1. The molecule has 0 amide bonds. The number of aliphatic hydroxyl groups excluding tert-OH is 1. The van der Waals surface area contributed by atoms with E-state index < -0.39 is 36.4 Å². The molecule has 1 atom stereocenters. The van der Waals surface area contributed by atoms with Gasteiger partial charge < -0.3 is 24.8 Å². The molecule has 17 heavy (non-hydrogen) atoms. The number of cyclic esters (lactones) is 2. The monoisotopic (exact) mass is 250 g/mol. The van der Waals surface area contributed by atoms with Crippen LogP contribution in [0.4, 0.5) is 0 Å². The van der Waals surface area contributed by atoms with E-state index in [0.717, 1.165) is 0 Å². The zero-order valence-electron chi connectivity index (χ0n) is 8.49. The predicted molar refractivity (Wildman–Crippen MR) is 47.8 cm³/mol. The molecule has 0 saturated carbocycles. The number of rotatable bonds is 3. The fourth-order valence-corrected chi connectivity index (χ4v) is 0.615. The van der Waals surface area contributed by atoms with Gasteiger partial charge in [0.15, 0.2) is 19.3 Å². The minimum absolute atomic E-state index is 0.237. The van der Waals surface area contributed by atoms with Gasteiger partial charge in [-0.25, -0.2) is 14.4 Å². The summed E-state index contributed by atoms with van der Waals surface area (Å²) in [5.41, 5.74) is 0. The van der Waals surface area contributed by atoms with E-state index in [0.29, 0.717) is 0 Å². The van der Waals surface area contributed by atoms with Gasteiger partial charge in [0.25, 0.3) is 0 Å². The third kappa shape index (κ3) is 7.73. The number of hydrogen-bond acceptors (Lipinski definition) is 7. The van der Waals surface area contributed by atoms with E-state index in [1.807, 2.05) is 0 Å². The number of esters is 2. The topological polar surface area (TPSA) is 147 Å². The molecule has 0 aliphatic carbocycles. The second-order valence-corrected chi connectivity index (χ2v) is 2.77. The van der Waals surface area contributed by atoms with Gasteiger partial charge >= 0.3 is 23.9 Å². The molecule has 0 aromatic heterocycles. The van der Waals surface area contributed by atoms with Crippen molar-refractivity contribution in [2.45, 2.75) is 12.5 Å². The van der Waals surface area contributed by atoms with Crippen molar-refractivity contribution in [2.24, 2.45) is 0 Å². The zero-order chi connectivity index (χ0) is 13.4. The molecule has 1 saturated heterocycles. The van der Waals surface area contributed by atoms with Crippen LogP contribution in [0.25, 0.3) is 0 Å². The van der Waals surface area contributed by atoms with Crippen LogP contribution < -0.4 is 0 Å². The van der Waals surface area contributed by atoms with Gasteiger partial charge in [-0.15, -0.1) is 0 Å². The van der Waals surface area contributed by atoms with Crippen molar-refractivity contribution < 1.29 is 44.0 Å². The van der Waals surface area contributed by atoms with E-state index in [1.54, 1.807) is 0 Å². The highest BCUT2D eigenvalue weighted by molar-refractivity contribution is 5.82. The molecule has 9 nitrogen and oxygen atoms in total. The fourth-order valence-electron chi connectivity index (χ4n) is 0.615. The number of carboxylic acid groups (broad SMARTS) is 2. The number of ether oxygens (including phenoxy) is 2. The second-order valence-electron chi connectivity index (χ2n) is 2.77. The van der Waals surface area contributed by atoms with Gasteiger partial charge in [0, 0.05) is 0 Å². The Kier molecular flexibility index (Phi) is 6.26. The van der Waals surface area contributed by atoms with E-state index in [-0.39, 0.29) is 13.2 Å². The van der Waals surface area contributed by atoms with Gasteiger partial charge in [-0.2, -0.15) is 0 Å². The molecule has 0 aromatic carbocycles. The van der Waals surface area contributed by atoms with Crippen LogP contribution in [0.5, 0.6) is 0 Å². The SMILES string of the molecule is O=C(O)CC(O)C(=O)O.O=C1COC(=O)CO1. The van der Waals surface area contributed by atoms with E-state index >= 15 is 0 Å². The molecule has 1 aliphatic heterocycles. The van der Waals surface area contributed by atoms with Gasteiger partial charge in [0.1, 0.15) is 0 Å². The van der Waals surface area contributed by atoms with Crippen LogP contribution in [-0.2, 0) is 28.7 Å². The molecule has 1 rings (SSSR count). The summed E-state index contributed by atoms with van der Waals surface area (Å²) in [6.45, 7) is -0.475. The number of carbonyl (C=O) groups excluding carboxylic acids is 2. The van der Waals surface area contributed by atoms with Crippen LogP contribution in [0, 0.1) is 0 Å². The Morgan fingerprint density at radius 1 is 1.12 bits per heavy atom. The molecule has 96 valence electrons. The van der Waals surface area contributed by atoms with E-state index in [1.165, 1.54) is 0 Å². The van der Waals surface area contributed by atoms with Crippen molar-refractivity contribution in [2.75, 3.05) is 13.2 Å². The normalized spacial score (nSPS) is 15.8. The summed E-state index contributed by atoms with van der Waals surface area (Å²) >= 11 is 0. The maximum Gasteiger partial charge on any atom is 0.344 e. The van der Waals surface area contributed by atoms with Crippen LogP contribution in [0.2, 0.25) is 0 Å². The molecule has 0 bridgehead atoms. The smallest absolute Gasteiger partial charge is 0.344 e. The van der Waals surface area contributed by atoms with Crippen molar-refractivity contribution in [1.82, 2.24) is 0 Å². The zero-order valence-corrected chi connectivity index (χ0v) is 8.49. The lowest BCUT2D eigenvalue weighted by atomic mass is 10.3. The molecule has 0 spiro atoms. The summed E-state index contributed by atoms with van der Waals surface area (Å²) in [5.74, 6) is -3.81. The Hall–Kier alpha value is -2.16. The Labute approximate surface area is 94.5 Å². The Morgan fingerprint density at radius 2 is 1.53 bits per heavy atom. The molecule has 1 aliphatic rings. The maximum atomic E-state index is 10.1. The molecule has 0 aromatic rings. The summed E-state index contributed by atoms with van der Waals surface area (Å²) in [7, 11) is 0. The van der Waals surface area contributed by atoms with Gasteiger partial charge in [-0.05, 0) is 0 Å². The van der Waals surface area contributed by atoms with Gasteiger partial charge in [-0.3, -0.25) is 4.79 Å². The van der Waals surface area contributed by atoms with Crippen molar-refractivity contribution in [3.8, 4) is 0 Å². The third-order valence-electron chi connectivity index (χ3n) is 1.36. The highest BCUT2D eigenvalue weighted by Gasteiger charge is 2.16. The van der Waals surface area contributed by atoms with Crippen molar-refractivity contribution >= 4 is 23.9 Å². The third-order valence-corrected chi connectivity index (χ3v) is 1.36. The highest BCUT2D eigenvalue weighted by Crippen LogP contribution is 1.91.